The first-order valence-corrected chi connectivity index (χ1v) is 12.3. The largest absolute Gasteiger partial charge is 0.496 e. The fraction of sp³-hybridized carbons (Fsp3) is 0.357. The topological polar surface area (TPSA) is 61.8 Å². The molecule has 0 spiro atoms. The number of aldehydes is 1. The van der Waals surface area contributed by atoms with Crippen molar-refractivity contribution in [1.29, 1.82) is 0 Å². The number of carbonyl (C=O) groups is 2. The van der Waals surface area contributed by atoms with E-state index in [9.17, 15) is 9.59 Å². The number of methoxy groups -OCH3 is 1. The molecule has 0 saturated heterocycles. The second-order valence-electron chi connectivity index (χ2n) is 9.47. The normalized spacial score (nSPS) is 14.4. The minimum Gasteiger partial charge on any atom is -0.496 e. The molecule has 1 aromatic heterocycles. The molecule has 2 aromatic carbocycles. The van der Waals surface area contributed by atoms with Gasteiger partial charge in [0.1, 0.15) is 17.1 Å². The molecule has 1 saturated carbocycles. The van der Waals surface area contributed by atoms with Gasteiger partial charge >= 0.3 is 5.97 Å². The minimum atomic E-state index is -0.507. The first-order chi connectivity index (χ1) is 16.2. The molecule has 6 heteroatoms. The summed E-state index contributed by atoms with van der Waals surface area (Å²) in [5.74, 6) is 1.22. The Hall–Kier alpha value is -3.12. The van der Waals surface area contributed by atoms with E-state index >= 15 is 0 Å². The first kappa shape index (κ1) is 24.0. The Kier molecular flexibility index (Phi) is 6.54. The van der Waals surface area contributed by atoms with Crippen molar-refractivity contribution in [3.8, 4) is 33.1 Å². The van der Waals surface area contributed by atoms with E-state index in [1.165, 1.54) is 11.3 Å². The lowest BCUT2D eigenvalue weighted by atomic mass is 9.93. The number of hydrogen-bond donors (Lipinski definition) is 0. The van der Waals surface area contributed by atoms with Crippen LogP contribution in [0.3, 0.4) is 0 Å². The van der Waals surface area contributed by atoms with Crippen LogP contribution in [0.2, 0.25) is 0 Å². The van der Waals surface area contributed by atoms with E-state index < -0.39 is 11.0 Å². The van der Waals surface area contributed by atoms with Crippen LogP contribution in [-0.4, -0.2) is 31.6 Å². The Labute approximate surface area is 204 Å². The highest BCUT2D eigenvalue weighted by atomic mass is 32.1. The van der Waals surface area contributed by atoms with Gasteiger partial charge in [0.15, 0.2) is 6.29 Å². The van der Waals surface area contributed by atoms with E-state index in [4.69, 9.17) is 14.2 Å². The average molecular weight is 479 g/mol. The molecule has 0 radical (unpaired) electrons. The Morgan fingerprint density at radius 1 is 1.06 bits per heavy atom. The fourth-order valence-electron chi connectivity index (χ4n) is 4.15. The first-order valence-electron chi connectivity index (χ1n) is 11.4. The number of esters is 1. The summed E-state index contributed by atoms with van der Waals surface area (Å²) in [6, 6.07) is 13.7. The van der Waals surface area contributed by atoms with Crippen molar-refractivity contribution in [1.82, 2.24) is 0 Å². The Morgan fingerprint density at radius 3 is 2.29 bits per heavy atom. The molecule has 4 rings (SSSR count). The van der Waals surface area contributed by atoms with Crippen molar-refractivity contribution < 1.29 is 23.8 Å². The van der Waals surface area contributed by atoms with Gasteiger partial charge in [0.05, 0.1) is 19.1 Å². The van der Waals surface area contributed by atoms with Crippen molar-refractivity contribution in [3.63, 3.8) is 0 Å². The summed E-state index contributed by atoms with van der Waals surface area (Å²) in [6.45, 7) is 8.20. The standard InChI is InChI=1S/C28H30O5S/c1-6-32-26(30)28(12-13-28)20-9-7-18(8-10-20)21-15-24(33-27(2,3)4)22(16-23(21)31-5)25-19(17-29)11-14-34-25/h7-11,14-17H,6,12-13H2,1-5H3. The summed E-state index contributed by atoms with van der Waals surface area (Å²) in [6.07, 6.45) is 2.49. The monoisotopic (exact) mass is 478 g/mol. The third-order valence-electron chi connectivity index (χ3n) is 5.95. The number of hydrogen-bond acceptors (Lipinski definition) is 6. The summed E-state index contributed by atoms with van der Waals surface area (Å²) in [4.78, 5) is 24.9. The maximum Gasteiger partial charge on any atom is 0.316 e. The molecule has 5 nitrogen and oxygen atoms in total. The zero-order chi connectivity index (χ0) is 24.5. The van der Waals surface area contributed by atoms with E-state index in [0.29, 0.717) is 23.7 Å². The van der Waals surface area contributed by atoms with E-state index in [2.05, 4.69) is 0 Å². The van der Waals surface area contributed by atoms with Crippen LogP contribution in [0.25, 0.3) is 21.6 Å². The highest BCUT2D eigenvalue weighted by molar-refractivity contribution is 7.14. The van der Waals surface area contributed by atoms with Crippen molar-refractivity contribution in [2.45, 2.75) is 51.6 Å². The van der Waals surface area contributed by atoms with E-state index in [-0.39, 0.29) is 5.97 Å². The minimum absolute atomic E-state index is 0.146. The molecule has 3 aromatic rings. The fourth-order valence-corrected chi connectivity index (χ4v) is 5.04. The smallest absolute Gasteiger partial charge is 0.316 e. The van der Waals surface area contributed by atoms with E-state index in [1.54, 1.807) is 7.11 Å². The molecule has 34 heavy (non-hydrogen) atoms. The summed E-state index contributed by atoms with van der Waals surface area (Å²) in [7, 11) is 1.64. The molecule has 0 N–H and O–H groups in total. The zero-order valence-corrected chi connectivity index (χ0v) is 21.1. The Morgan fingerprint density at radius 2 is 1.74 bits per heavy atom. The molecular weight excluding hydrogens is 448 g/mol. The molecule has 178 valence electrons. The van der Waals surface area contributed by atoms with Gasteiger partial charge in [-0.1, -0.05) is 24.3 Å². The molecular formula is C28H30O5S. The number of ether oxygens (including phenoxy) is 3. The highest BCUT2D eigenvalue weighted by Gasteiger charge is 2.52. The zero-order valence-electron chi connectivity index (χ0n) is 20.3. The number of carbonyl (C=O) groups excluding carboxylic acids is 2. The second-order valence-corrected chi connectivity index (χ2v) is 10.4. The van der Waals surface area contributed by atoms with Crippen LogP contribution in [0.5, 0.6) is 11.5 Å². The van der Waals surface area contributed by atoms with E-state index in [1.807, 2.05) is 75.5 Å². The third-order valence-corrected chi connectivity index (χ3v) is 6.91. The van der Waals surface area contributed by atoms with Gasteiger partial charge in [-0.05, 0) is 75.2 Å². The predicted molar refractivity (Wildman–Crippen MR) is 135 cm³/mol. The molecule has 0 unspecified atom stereocenters. The van der Waals surface area contributed by atoms with Gasteiger partial charge in [0, 0.05) is 21.6 Å². The lowest BCUT2D eigenvalue weighted by Gasteiger charge is -2.25. The quantitative estimate of drug-likeness (QED) is 0.267. The summed E-state index contributed by atoms with van der Waals surface area (Å²) in [5.41, 5.74) is 3.31. The Bertz CT molecular complexity index is 1200. The van der Waals surface area contributed by atoms with Crippen molar-refractivity contribution in [2.75, 3.05) is 13.7 Å². The summed E-state index contributed by atoms with van der Waals surface area (Å²) in [5, 5.41) is 1.90. The van der Waals surface area contributed by atoms with Crippen LogP contribution in [0.15, 0.2) is 47.8 Å². The molecule has 1 fully saturated rings. The van der Waals surface area contributed by atoms with Gasteiger partial charge in [0.2, 0.25) is 0 Å². The summed E-state index contributed by atoms with van der Waals surface area (Å²) < 4.78 is 17.4. The van der Waals surface area contributed by atoms with Gasteiger partial charge in [0.25, 0.3) is 0 Å². The molecule has 0 bridgehead atoms. The van der Waals surface area contributed by atoms with Crippen LogP contribution in [-0.2, 0) is 14.9 Å². The lowest BCUT2D eigenvalue weighted by molar-refractivity contribution is -0.146. The van der Waals surface area contributed by atoms with Crippen molar-refractivity contribution in [3.05, 3.63) is 59.0 Å². The van der Waals surface area contributed by atoms with Gasteiger partial charge in [-0.15, -0.1) is 11.3 Å². The molecule has 0 atom stereocenters. The van der Waals surface area contributed by atoms with E-state index in [0.717, 1.165) is 46.3 Å². The molecule has 0 aliphatic heterocycles. The van der Waals surface area contributed by atoms with Crippen LogP contribution in [0.4, 0.5) is 0 Å². The molecule has 0 amide bonds. The summed E-state index contributed by atoms with van der Waals surface area (Å²) >= 11 is 1.50. The average Bonchev–Trinajstić information content (AvgIpc) is 3.49. The Balaban J connectivity index is 1.78. The molecule has 1 aliphatic rings. The SMILES string of the molecule is CCOC(=O)C1(c2ccc(-c3cc(OC(C)(C)C)c(-c4sccc4C=O)cc3OC)cc2)CC1. The number of rotatable bonds is 8. The maximum absolute atomic E-state index is 12.5. The molecule has 1 aliphatic carbocycles. The van der Waals surface area contributed by atoms with Crippen LogP contribution < -0.4 is 9.47 Å². The van der Waals surface area contributed by atoms with Crippen molar-refractivity contribution >= 4 is 23.6 Å². The van der Waals surface area contributed by atoms with Crippen LogP contribution >= 0.6 is 11.3 Å². The number of thiophene rings is 1. The van der Waals surface area contributed by atoms with Gasteiger partial charge < -0.3 is 14.2 Å². The van der Waals surface area contributed by atoms with Crippen LogP contribution in [0, 0.1) is 0 Å². The van der Waals surface area contributed by atoms with Crippen LogP contribution in [0.1, 0.15) is 56.5 Å². The van der Waals surface area contributed by atoms with Gasteiger partial charge in [-0.3, -0.25) is 9.59 Å². The van der Waals surface area contributed by atoms with Gasteiger partial charge in [-0.2, -0.15) is 0 Å². The maximum atomic E-state index is 12.5. The third kappa shape index (κ3) is 4.60. The van der Waals surface area contributed by atoms with Gasteiger partial charge in [-0.25, -0.2) is 0 Å². The highest BCUT2D eigenvalue weighted by Crippen LogP contribution is 2.50. The number of benzene rings is 2. The lowest BCUT2D eigenvalue weighted by Crippen LogP contribution is -2.23. The predicted octanol–water partition coefficient (Wildman–Crippen LogP) is 6.68. The second kappa shape index (κ2) is 9.26. The van der Waals surface area contributed by atoms with Crippen molar-refractivity contribution in [2.24, 2.45) is 0 Å². The molecule has 1 heterocycles.